The first-order valence-electron chi connectivity index (χ1n) is 8.29. The Morgan fingerprint density at radius 1 is 1.00 bits per heavy atom. The number of aryl methyl sites for hydroxylation is 2. The number of hydrogen-bond donors (Lipinski definition) is 2. The number of rotatable bonds is 6. The summed E-state index contributed by atoms with van der Waals surface area (Å²) in [4.78, 5) is 9.00. The molecular weight excluding hydrogens is 348 g/mol. The van der Waals surface area contributed by atoms with Crippen molar-refractivity contribution in [1.82, 2.24) is 9.97 Å². The third-order valence-electron chi connectivity index (χ3n) is 3.93. The van der Waals surface area contributed by atoms with E-state index in [1.807, 2.05) is 62.4 Å². The minimum Gasteiger partial charge on any atom is -0.497 e. The lowest BCUT2D eigenvalue weighted by Gasteiger charge is -2.12. The van der Waals surface area contributed by atoms with Crippen LogP contribution >= 0.6 is 11.6 Å². The Labute approximate surface area is 158 Å². The zero-order valence-corrected chi connectivity index (χ0v) is 15.8. The number of hydrogen-bond acceptors (Lipinski definition) is 5. The summed E-state index contributed by atoms with van der Waals surface area (Å²) < 4.78 is 5.18. The Bertz CT molecular complexity index is 897. The van der Waals surface area contributed by atoms with E-state index in [2.05, 4.69) is 20.6 Å². The van der Waals surface area contributed by atoms with Crippen LogP contribution in [0.5, 0.6) is 5.75 Å². The average Bonchev–Trinajstić information content (AvgIpc) is 2.63. The van der Waals surface area contributed by atoms with Crippen LogP contribution < -0.4 is 15.4 Å². The average molecular weight is 369 g/mol. The van der Waals surface area contributed by atoms with Gasteiger partial charge in [0.2, 0.25) is 5.95 Å². The van der Waals surface area contributed by atoms with Gasteiger partial charge >= 0.3 is 0 Å². The molecule has 0 aliphatic rings. The SMILES string of the molecule is COc1ccc(CNc2nc(C)cc(Nc3cc(Cl)ccc3C)n2)cc1. The van der Waals surface area contributed by atoms with Gasteiger partial charge < -0.3 is 15.4 Å². The highest BCUT2D eigenvalue weighted by Gasteiger charge is 2.05. The third-order valence-corrected chi connectivity index (χ3v) is 4.16. The highest BCUT2D eigenvalue weighted by Crippen LogP contribution is 2.24. The van der Waals surface area contributed by atoms with Gasteiger partial charge in [-0.25, -0.2) is 4.98 Å². The van der Waals surface area contributed by atoms with Crippen molar-refractivity contribution in [3.05, 3.63) is 70.4 Å². The smallest absolute Gasteiger partial charge is 0.225 e. The Morgan fingerprint density at radius 2 is 1.77 bits per heavy atom. The van der Waals surface area contributed by atoms with Crippen LogP contribution in [0.1, 0.15) is 16.8 Å². The fourth-order valence-electron chi connectivity index (χ4n) is 2.50. The van der Waals surface area contributed by atoms with E-state index in [-0.39, 0.29) is 0 Å². The Kier molecular flexibility index (Phi) is 5.58. The topological polar surface area (TPSA) is 59.1 Å². The van der Waals surface area contributed by atoms with Gasteiger partial charge in [0, 0.05) is 29.0 Å². The lowest BCUT2D eigenvalue weighted by atomic mass is 10.2. The van der Waals surface area contributed by atoms with Crippen molar-refractivity contribution in [2.24, 2.45) is 0 Å². The Morgan fingerprint density at radius 3 is 2.50 bits per heavy atom. The number of methoxy groups -OCH3 is 1. The number of benzene rings is 2. The summed E-state index contributed by atoms with van der Waals surface area (Å²) in [6.45, 7) is 4.59. The molecule has 0 saturated carbocycles. The maximum Gasteiger partial charge on any atom is 0.225 e. The zero-order chi connectivity index (χ0) is 18.5. The molecule has 0 aliphatic carbocycles. The summed E-state index contributed by atoms with van der Waals surface area (Å²) in [5.41, 5.74) is 4.02. The van der Waals surface area contributed by atoms with E-state index in [1.165, 1.54) is 0 Å². The van der Waals surface area contributed by atoms with E-state index in [0.29, 0.717) is 17.5 Å². The van der Waals surface area contributed by atoms with Crippen LogP contribution in [0.25, 0.3) is 0 Å². The van der Waals surface area contributed by atoms with Crippen molar-refractivity contribution < 1.29 is 4.74 Å². The third kappa shape index (κ3) is 4.64. The van der Waals surface area contributed by atoms with Crippen molar-refractivity contribution in [2.75, 3.05) is 17.7 Å². The normalized spacial score (nSPS) is 10.5. The first-order chi connectivity index (χ1) is 12.5. The van der Waals surface area contributed by atoms with Gasteiger partial charge in [-0.1, -0.05) is 29.8 Å². The van der Waals surface area contributed by atoms with Gasteiger partial charge in [-0.2, -0.15) is 4.98 Å². The van der Waals surface area contributed by atoms with Gasteiger partial charge in [0.05, 0.1) is 7.11 Å². The molecule has 3 rings (SSSR count). The molecule has 0 amide bonds. The molecule has 0 unspecified atom stereocenters. The molecule has 5 nitrogen and oxygen atoms in total. The molecule has 0 spiro atoms. The Hall–Kier alpha value is -2.79. The molecular formula is C20H21ClN4O. The molecule has 0 atom stereocenters. The fourth-order valence-corrected chi connectivity index (χ4v) is 2.68. The van der Waals surface area contributed by atoms with Crippen LogP contribution in [0, 0.1) is 13.8 Å². The minimum absolute atomic E-state index is 0.572. The van der Waals surface area contributed by atoms with Crippen LogP contribution in [0.3, 0.4) is 0 Å². The molecule has 2 aromatic carbocycles. The Balaban J connectivity index is 1.73. The van der Waals surface area contributed by atoms with Crippen LogP contribution in [-0.2, 0) is 6.54 Å². The summed E-state index contributed by atoms with van der Waals surface area (Å²) >= 11 is 6.09. The van der Waals surface area contributed by atoms with Crippen molar-refractivity contribution in [2.45, 2.75) is 20.4 Å². The van der Waals surface area contributed by atoms with Crippen LogP contribution in [-0.4, -0.2) is 17.1 Å². The molecule has 0 saturated heterocycles. The van der Waals surface area contributed by atoms with Gasteiger partial charge in [-0.3, -0.25) is 0 Å². The largest absolute Gasteiger partial charge is 0.497 e. The number of nitrogens with zero attached hydrogens (tertiary/aromatic N) is 2. The van der Waals surface area contributed by atoms with Gasteiger partial charge in [0.1, 0.15) is 11.6 Å². The van der Waals surface area contributed by atoms with E-state index in [9.17, 15) is 0 Å². The van der Waals surface area contributed by atoms with Crippen molar-refractivity contribution >= 4 is 29.1 Å². The fraction of sp³-hybridized carbons (Fsp3) is 0.200. The number of aromatic nitrogens is 2. The van der Waals surface area contributed by atoms with Crippen molar-refractivity contribution in [3.8, 4) is 5.75 Å². The van der Waals surface area contributed by atoms with E-state index in [4.69, 9.17) is 16.3 Å². The second kappa shape index (κ2) is 8.06. The maximum atomic E-state index is 6.09. The summed E-state index contributed by atoms with van der Waals surface area (Å²) in [6, 6.07) is 15.5. The molecule has 1 aromatic heterocycles. The molecule has 0 bridgehead atoms. The minimum atomic E-state index is 0.572. The molecule has 0 fully saturated rings. The van der Waals surface area contributed by atoms with Crippen LogP contribution in [0.4, 0.5) is 17.5 Å². The first-order valence-corrected chi connectivity index (χ1v) is 8.67. The quantitative estimate of drug-likeness (QED) is 0.633. The van der Waals surface area contributed by atoms with Crippen LogP contribution in [0.2, 0.25) is 5.02 Å². The maximum absolute atomic E-state index is 6.09. The van der Waals surface area contributed by atoms with Gasteiger partial charge in [0.15, 0.2) is 0 Å². The molecule has 0 radical (unpaired) electrons. The lowest BCUT2D eigenvalue weighted by Crippen LogP contribution is -2.06. The predicted molar refractivity (Wildman–Crippen MR) is 107 cm³/mol. The van der Waals surface area contributed by atoms with Crippen molar-refractivity contribution in [3.63, 3.8) is 0 Å². The molecule has 2 N–H and O–H groups in total. The highest BCUT2D eigenvalue weighted by molar-refractivity contribution is 6.30. The summed E-state index contributed by atoms with van der Waals surface area (Å²) in [5.74, 6) is 2.13. The first kappa shape index (κ1) is 18.0. The number of anilines is 3. The van der Waals surface area contributed by atoms with Crippen LogP contribution in [0.15, 0.2) is 48.5 Å². The summed E-state index contributed by atoms with van der Waals surface area (Å²) in [7, 11) is 1.66. The summed E-state index contributed by atoms with van der Waals surface area (Å²) in [5, 5.41) is 7.26. The number of halogens is 1. The molecule has 6 heteroatoms. The van der Waals surface area contributed by atoms with Gasteiger partial charge in [-0.15, -0.1) is 0 Å². The van der Waals surface area contributed by atoms with E-state index in [1.54, 1.807) is 7.11 Å². The van der Waals surface area contributed by atoms with Gasteiger partial charge in [-0.05, 0) is 49.2 Å². The van der Waals surface area contributed by atoms with E-state index >= 15 is 0 Å². The molecule has 134 valence electrons. The second-order valence-corrected chi connectivity index (χ2v) is 6.44. The summed E-state index contributed by atoms with van der Waals surface area (Å²) in [6.07, 6.45) is 0. The highest BCUT2D eigenvalue weighted by atomic mass is 35.5. The molecule has 0 aliphatic heterocycles. The molecule has 1 heterocycles. The lowest BCUT2D eigenvalue weighted by molar-refractivity contribution is 0.414. The van der Waals surface area contributed by atoms with Crippen molar-refractivity contribution in [1.29, 1.82) is 0 Å². The molecule has 26 heavy (non-hydrogen) atoms. The number of ether oxygens (including phenoxy) is 1. The standard InChI is InChI=1S/C20H21ClN4O/c1-13-4-7-16(21)11-18(13)24-19-10-14(2)23-20(25-19)22-12-15-5-8-17(26-3)9-6-15/h4-11H,12H2,1-3H3,(H2,22,23,24,25). The van der Waals surface area contributed by atoms with E-state index in [0.717, 1.165) is 34.1 Å². The molecule has 3 aromatic rings. The van der Waals surface area contributed by atoms with Gasteiger partial charge in [0.25, 0.3) is 0 Å². The number of nitrogens with one attached hydrogen (secondary N) is 2. The van der Waals surface area contributed by atoms with E-state index < -0.39 is 0 Å². The predicted octanol–water partition coefficient (Wildman–Crippen LogP) is 5.11. The zero-order valence-electron chi connectivity index (χ0n) is 15.0. The monoisotopic (exact) mass is 368 g/mol. The second-order valence-electron chi connectivity index (χ2n) is 6.00.